The standard InChI is InChI=1S/C18H20FN5O3/c1-10-7-18(2,24-17(20)27-10)12-6-11(4-5-13(12)19)23-16(25)14-8-22-15(26-3)9-21-14/h4-6,8-10H,7H2,1-3H3,(H2,20,24)(H,23,25)/t10-,18+/m1/s1. The van der Waals surface area contributed by atoms with Gasteiger partial charge in [0.1, 0.15) is 17.6 Å². The summed E-state index contributed by atoms with van der Waals surface area (Å²) in [7, 11) is 1.46. The van der Waals surface area contributed by atoms with Gasteiger partial charge in [-0.05, 0) is 32.0 Å². The SMILES string of the molecule is COc1cnc(C(=O)Nc2ccc(F)c([C@]3(C)C[C@@H](C)OC(N)=N3)c2)cn1. The summed E-state index contributed by atoms with van der Waals surface area (Å²) >= 11 is 0. The van der Waals surface area contributed by atoms with Gasteiger partial charge in [0.15, 0.2) is 0 Å². The summed E-state index contributed by atoms with van der Waals surface area (Å²) in [6, 6.07) is 4.30. The Balaban J connectivity index is 1.87. The lowest BCUT2D eigenvalue weighted by molar-refractivity contribution is 0.102. The quantitative estimate of drug-likeness (QED) is 0.850. The molecule has 8 nitrogen and oxygen atoms in total. The second kappa shape index (κ2) is 7.18. The van der Waals surface area contributed by atoms with Crippen LogP contribution in [0.25, 0.3) is 0 Å². The van der Waals surface area contributed by atoms with E-state index in [1.54, 1.807) is 13.0 Å². The molecular weight excluding hydrogens is 353 g/mol. The number of amides is 1. The number of anilines is 1. The van der Waals surface area contributed by atoms with E-state index in [4.69, 9.17) is 15.2 Å². The van der Waals surface area contributed by atoms with E-state index in [1.165, 1.54) is 31.6 Å². The molecule has 0 fully saturated rings. The van der Waals surface area contributed by atoms with Crippen LogP contribution in [0, 0.1) is 5.82 Å². The van der Waals surface area contributed by atoms with Gasteiger partial charge in [-0.25, -0.2) is 19.4 Å². The van der Waals surface area contributed by atoms with Crippen molar-refractivity contribution in [2.24, 2.45) is 10.7 Å². The number of nitrogens with one attached hydrogen (secondary N) is 1. The first-order valence-corrected chi connectivity index (χ1v) is 8.30. The minimum absolute atomic E-state index is 0.0126. The molecule has 9 heteroatoms. The highest BCUT2D eigenvalue weighted by Gasteiger charge is 2.36. The molecule has 0 bridgehead atoms. The van der Waals surface area contributed by atoms with E-state index < -0.39 is 17.3 Å². The van der Waals surface area contributed by atoms with Crippen molar-refractivity contribution in [3.05, 3.63) is 47.7 Å². The van der Waals surface area contributed by atoms with Gasteiger partial charge in [0.05, 0.1) is 25.0 Å². The van der Waals surface area contributed by atoms with Crippen LogP contribution in [-0.4, -0.2) is 35.1 Å². The average Bonchev–Trinajstić information content (AvgIpc) is 2.62. The highest BCUT2D eigenvalue weighted by Crippen LogP contribution is 2.37. The predicted molar refractivity (Wildman–Crippen MR) is 97.1 cm³/mol. The van der Waals surface area contributed by atoms with Crippen LogP contribution in [0.2, 0.25) is 0 Å². The van der Waals surface area contributed by atoms with E-state index in [9.17, 15) is 9.18 Å². The Morgan fingerprint density at radius 1 is 1.41 bits per heavy atom. The number of ether oxygens (including phenoxy) is 2. The van der Waals surface area contributed by atoms with Crippen LogP contribution in [-0.2, 0) is 10.3 Å². The molecule has 0 aliphatic carbocycles. The van der Waals surface area contributed by atoms with Gasteiger partial charge < -0.3 is 20.5 Å². The molecule has 0 unspecified atom stereocenters. The van der Waals surface area contributed by atoms with Crippen molar-refractivity contribution in [3.63, 3.8) is 0 Å². The molecule has 1 aromatic carbocycles. The zero-order valence-corrected chi connectivity index (χ0v) is 15.2. The number of hydrogen-bond donors (Lipinski definition) is 2. The van der Waals surface area contributed by atoms with Crippen molar-refractivity contribution < 1.29 is 18.7 Å². The van der Waals surface area contributed by atoms with Gasteiger partial charge in [-0.3, -0.25) is 4.79 Å². The fourth-order valence-corrected chi connectivity index (χ4v) is 3.04. The fourth-order valence-electron chi connectivity index (χ4n) is 3.04. The number of benzene rings is 1. The molecule has 142 valence electrons. The number of methoxy groups -OCH3 is 1. The third-order valence-corrected chi connectivity index (χ3v) is 4.24. The molecule has 0 saturated carbocycles. The number of amidine groups is 1. The Labute approximate surface area is 155 Å². The zero-order valence-electron chi connectivity index (χ0n) is 15.2. The smallest absolute Gasteiger partial charge is 0.283 e. The Kier molecular flexibility index (Phi) is 4.93. The number of carbonyl (C=O) groups excluding carboxylic acids is 1. The number of hydrogen-bond acceptors (Lipinski definition) is 7. The molecule has 1 aliphatic rings. The van der Waals surface area contributed by atoms with E-state index in [0.717, 1.165) is 0 Å². The molecule has 1 amide bonds. The van der Waals surface area contributed by atoms with Crippen LogP contribution in [0.5, 0.6) is 5.88 Å². The summed E-state index contributed by atoms with van der Waals surface area (Å²) in [5, 5.41) is 2.68. The maximum Gasteiger partial charge on any atom is 0.283 e. The van der Waals surface area contributed by atoms with E-state index in [2.05, 4.69) is 20.3 Å². The van der Waals surface area contributed by atoms with Crippen LogP contribution in [0.4, 0.5) is 10.1 Å². The largest absolute Gasteiger partial charge is 0.480 e. The third kappa shape index (κ3) is 3.97. The lowest BCUT2D eigenvalue weighted by Gasteiger charge is -2.34. The summed E-state index contributed by atoms with van der Waals surface area (Å²) in [5.41, 5.74) is 5.65. The Morgan fingerprint density at radius 3 is 2.81 bits per heavy atom. The van der Waals surface area contributed by atoms with Gasteiger partial charge in [0, 0.05) is 17.7 Å². The van der Waals surface area contributed by atoms with Gasteiger partial charge in [0.2, 0.25) is 5.88 Å². The van der Waals surface area contributed by atoms with Gasteiger partial charge >= 0.3 is 0 Å². The molecule has 3 N–H and O–H groups in total. The van der Waals surface area contributed by atoms with Crippen molar-refractivity contribution in [3.8, 4) is 5.88 Å². The maximum atomic E-state index is 14.5. The Bertz CT molecular complexity index is 887. The second-order valence-corrected chi connectivity index (χ2v) is 6.45. The number of rotatable bonds is 4. The molecule has 0 radical (unpaired) electrons. The first kappa shape index (κ1) is 18.6. The zero-order chi connectivity index (χ0) is 19.6. The van der Waals surface area contributed by atoms with Crippen molar-refractivity contribution in [1.29, 1.82) is 0 Å². The van der Waals surface area contributed by atoms with E-state index >= 15 is 0 Å². The molecule has 1 aliphatic heterocycles. The molecule has 0 saturated heterocycles. The monoisotopic (exact) mass is 373 g/mol. The van der Waals surface area contributed by atoms with Gasteiger partial charge in [-0.1, -0.05) is 0 Å². The van der Waals surface area contributed by atoms with Crippen LogP contribution < -0.4 is 15.8 Å². The lowest BCUT2D eigenvalue weighted by Crippen LogP contribution is -2.38. The van der Waals surface area contributed by atoms with Crippen molar-refractivity contribution in [2.75, 3.05) is 12.4 Å². The highest BCUT2D eigenvalue weighted by atomic mass is 19.1. The molecule has 1 aromatic heterocycles. The molecule has 2 aromatic rings. The third-order valence-electron chi connectivity index (χ3n) is 4.24. The minimum atomic E-state index is -0.896. The molecule has 2 heterocycles. The van der Waals surface area contributed by atoms with Crippen molar-refractivity contribution >= 4 is 17.6 Å². The van der Waals surface area contributed by atoms with E-state index in [-0.39, 0.29) is 17.8 Å². The van der Waals surface area contributed by atoms with Crippen LogP contribution in [0.1, 0.15) is 36.3 Å². The number of nitrogens with two attached hydrogens (primary N) is 1. The number of carbonyl (C=O) groups is 1. The maximum absolute atomic E-state index is 14.5. The predicted octanol–water partition coefficient (Wildman–Crippen LogP) is 2.22. The first-order valence-electron chi connectivity index (χ1n) is 8.30. The molecule has 27 heavy (non-hydrogen) atoms. The summed E-state index contributed by atoms with van der Waals surface area (Å²) in [5.74, 6) is -0.616. The van der Waals surface area contributed by atoms with Crippen LogP contribution >= 0.6 is 0 Å². The molecule has 3 rings (SSSR count). The molecule has 2 atom stereocenters. The Hall–Kier alpha value is -3.23. The number of halogens is 1. The topological polar surface area (TPSA) is 112 Å². The highest BCUT2D eigenvalue weighted by molar-refractivity contribution is 6.02. The minimum Gasteiger partial charge on any atom is -0.480 e. The summed E-state index contributed by atoms with van der Waals surface area (Å²) < 4.78 is 24.7. The average molecular weight is 373 g/mol. The van der Waals surface area contributed by atoms with Crippen molar-refractivity contribution in [1.82, 2.24) is 9.97 Å². The van der Waals surface area contributed by atoms with Gasteiger partial charge in [-0.2, -0.15) is 0 Å². The Morgan fingerprint density at radius 2 is 2.19 bits per heavy atom. The van der Waals surface area contributed by atoms with E-state index in [1.807, 2.05) is 6.92 Å². The normalized spacial score (nSPS) is 21.8. The summed E-state index contributed by atoms with van der Waals surface area (Å²) in [6.07, 6.45) is 2.88. The fraction of sp³-hybridized carbons (Fsp3) is 0.333. The van der Waals surface area contributed by atoms with Crippen LogP contribution in [0.3, 0.4) is 0 Å². The summed E-state index contributed by atoms with van der Waals surface area (Å²) in [4.78, 5) is 24.6. The number of aromatic nitrogens is 2. The van der Waals surface area contributed by atoms with Gasteiger partial charge in [0.25, 0.3) is 11.9 Å². The number of nitrogens with zero attached hydrogens (tertiary/aromatic N) is 3. The lowest BCUT2D eigenvalue weighted by atomic mass is 9.86. The molecule has 0 spiro atoms. The first-order chi connectivity index (χ1) is 12.8. The summed E-state index contributed by atoms with van der Waals surface area (Å²) in [6.45, 7) is 3.61. The molecular formula is C18H20FN5O3. The van der Waals surface area contributed by atoms with E-state index in [0.29, 0.717) is 23.6 Å². The van der Waals surface area contributed by atoms with Gasteiger partial charge in [-0.15, -0.1) is 0 Å². The number of aliphatic imine (C=N–C) groups is 1. The second-order valence-electron chi connectivity index (χ2n) is 6.45. The van der Waals surface area contributed by atoms with Crippen LogP contribution in [0.15, 0.2) is 35.6 Å². The van der Waals surface area contributed by atoms with Crippen molar-refractivity contribution in [2.45, 2.75) is 31.9 Å².